The zero-order valence-corrected chi connectivity index (χ0v) is 62.1. The van der Waals surface area contributed by atoms with Gasteiger partial charge in [0.2, 0.25) is 12.2 Å². The third kappa shape index (κ3) is 38.4. The molecule has 5 N–H and O–H groups in total. The number of ketones is 1. The molecule has 34 nitrogen and oxygen atoms in total. The maximum absolute atomic E-state index is 12.0. The van der Waals surface area contributed by atoms with Gasteiger partial charge in [-0.1, -0.05) is 6.92 Å². The molecule has 0 aliphatic rings. The number of hydrogen-bond donors (Lipinski definition) is 5. The van der Waals surface area contributed by atoms with E-state index < -0.39 is 71.2 Å². The van der Waals surface area contributed by atoms with Crippen LogP contribution in [-0.2, 0) is 87.4 Å². The van der Waals surface area contributed by atoms with Gasteiger partial charge in [-0.15, -0.1) is 12.4 Å². The van der Waals surface area contributed by atoms with E-state index in [1.165, 1.54) is 22.0 Å². The Morgan fingerprint density at radius 2 is 1.02 bits per heavy atom. The number of nitrogens with one attached hydrogen (secondary N) is 4. The molecule has 0 saturated heterocycles. The Morgan fingerprint density at radius 3 is 1.46 bits per heavy atom. The van der Waals surface area contributed by atoms with Crippen LogP contribution in [0.25, 0.3) is 0 Å². The van der Waals surface area contributed by atoms with E-state index in [9.17, 15) is 52.7 Å². The van der Waals surface area contributed by atoms with Crippen LogP contribution in [0.1, 0.15) is 147 Å². The summed E-state index contributed by atoms with van der Waals surface area (Å²) in [6, 6.07) is 0. The van der Waals surface area contributed by atoms with Crippen LogP contribution in [0, 0.1) is 18.5 Å². The van der Waals surface area contributed by atoms with Crippen molar-refractivity contribution in [2.45, 2.75) is 95.5 Å². The second-order valence-corrected chi connectivity index (χ2v) is 18.1. The molecule has 0 saturated carbocycles. The molecule has 38 heteroatoms. The van der Waals surface area contributed by atoms with Gasteiger partial charge in [0.15, 0.2) is 17.1 Å². The van der Waals surface area contributed by atoms with E-state index in [0.29, 0.717) is 20.0 Å². The number of aliphatic hydroxyl groups excluding tert-OH is 1. The van der Waals surface area contributed by atoms with Crippen LogP contribution in [0.3, 0.4) is 0 Å². The summed E-state index contributed by atoms with van der Waals surface area (Å²) < 4.78 is 59.3. The molecule has 518 valence electrons. The molecular weight excluding hydrogens is 1480 g/mol. The van der Waals surface area contributed by atoms with Crippen molar-refractivity contribution in [1.82, 2.24) is 40.0 Å². The summed E-state index contributed by atoms with van der Waals surface area (Å²) in [5.74, 6) is -8.86. The van der Waals surface area contributed by atoms with Gasteiger partial charge in [-0.2, -0.15) is 15.3 Å². The molecule has 0 radical (unpaired) electrons. The van der Waals surface area contributed by atoms with Crippen molar-refractivity contribution in [1.29, 1.82) is 11.1 Å². The second-order valence-electron chi connectivity index (χ2n) is 16.0. The largest absolute Gasteiger partial charge is 1.00 e. The SMILES string of the molecule is CCCn1nc(I)c(C(=O)OCC)c1C(=O)OCC.CCOC(=O)/C=C(\O)C(=O)OCC.CCOC(=O)C(=O)/C(=C/N(C)C)C(=O)OCC.CCOC(=O)c1cn[nH]c1C(=O)OCC.CCOC(=O)c1n[nH]c(I)c1C(=O)OCC.COC(OC)N(C)C.Cl.N=N.[HH].[Na+]. The number of ether oxygens (including phenoxy) is 12. The average molecular weight is 1570 g/mol. The van der Waals surface area contributed by atoms with Crippen LogP contribution in [0.2, 0.25) is 0 Å². The standard InChI is InChI=1S/C12H17IN2O4.C11H17NO5.C9H11IN2O4.C9H12N2O4.C8H12O5.C5H13NO2.ClH.H2N2.Na.H2/c1-4-7-15-9(12(17)19-6-3)8(10(13)14-15)11(16)18-5-2;1-5-16-10(14)8(7-12(3)4)9(13)11(15)17-6-2;1-3-15-8(13)5-6(9(14)16-4-2)11-12-7(5)10;1-3-14-8(12)6-5-10-11-7(6)9(13)15-4-2;1-3-12-7(10)5-6(9)8(11)13-4-2;1-6(2)5(7-3)8-4;;1-2;;/h4-7H2,1-3H3;7H,5-6H2,1-4H3;3-4H2,1-2H3,(H,11,12);5H,3-4H2,1-2H3,(H,10,11);5,9H,3-4H2,1-2H3;5H,1-4H3;1H;1-2H;;1H/q;;;;;;;;+1;/b;8-7-;;;6-5-;;;;;. The van der Waals surface area contributed by atoms with Gasteiger partial charge in [0.25, 0.3) is 5.78 Å². The monoisotopic (exact) mass is 1570 g/mol. The van der Waals surface area contributed by atoms with Crippen LogP contribution >= 0.6 is 57.6 Å². The van der Waals surface area contributed by atoms with Crippen molar-refractivity contribution in [3.8, 4) is 0 Å². The number of carbonyl (C=O) groups is 11. The van der Waals surface area contributed by atoms with Gasteiger partial charge in [0.1, 0.15) is 29.7 Å². The number of rotatable bonds is 27. The number of H-pyrrole nitrogens is 2. The molecule has 0 aromatic carbocycles. The van der Waals surface area contributed by atoms with E-state index in [1.807, 2.05) is 71.1 Å². The molecule has 0 atom stereocenters. The fourth-order valence-corrected chi connectivity index (χ4v) is 7.05. The summed E-state index contributed by atoms with van der Waals surface area (Å²) >= 11 is 3.79. The number of methoxy groups -OCH3 is 2. The third-order valence-corrected chi connectivity index (χ3v) is 10.6. The summed E-state index contributed by atoms with van der Waals surface area (Å²) in [6.07, 6.45) is 3.74. The van der Waals surface area contributed by atoms with E-state index in [4.69, 9.17) is 58.8 Å². The van der Waals surface area contributed by atoms with Gasteiger partial charge in [-0.3, -0.25) is 24.6 Å². The van der Waals surface area contributed by atoms with Crippen LogP contribution in [0.4, 0.5) is 0 Å². The number of halogens is 3. The molecule has 3 heterocycles. The number of carbonyl (C=O) groups excluding carboxylic acids is 11. The van der Waals surface area contributed by atoms with Crippen molar-refractivity contribution in [3.63, 3.8) is 0 Å². The number of aryl methyl sites for hydroxylation is 1. The quantitative estimate of drug-likeness (QED) is 0.00623. The van der Waals surface area contributed by atoms with E-state index in [1.54, 1.807) is 97.6 Å². The Kier molecular flexibility index (Phi) is 60.9. The van der Waals surface area contributed by atoms with Crippen molar-refractivity contribution in [2.24, 2.45) is 0 Å². The van der Waals surface area contributed by atoms with Crippen molar-refractivity contribution >= 4 is 123 Å². The zero-order valence-electron chi connectivity index (χ0n) is 55.0. The fourth-order valence-electron chi connectivity index (χ4n) is 5.72. The molecule has 0 bridgehead atoms. The van der Waals surface area contributed by atoms with Crippen molar-refractivity contribution in [3.05, 3.63) is 71.0 Å². The number of nitrogens with zero attached hydrogens (tertiary/aromatic N) is 6. The maximum Gasteiger partial charge on any atom is 1.00 e. The topological polar surface area (TPSA) is 448 Å². The third-order valence-electron chi connectivity index (χ3n) is 9.02. The molecule has 0 aliphatic carbocycles. The van der Waals surface area contributed by atoms with Gasteiger partial charge < -0.3 is 66.8 Å². The molecule has 0 spiro atoms. The molecular formula is C54H87ClI2N10NaO24+. The minimum Gasteiger partial charge on any atom is -0.502 e. The fraction of sp³-hybridized carbons (Fsp3) is 0.556. The summed E-state index contributed by atoms with van der Waals surface area (Å²) in [7, 11) is 10.2. The molecule has 0 aliphatic heterocycles. The Bertz CT molecular complexity index is 2750. The molecule has 0 fully saturated rings. The summed E-state index contributed by atoms with van der Waals surface area (Å²) in [5.41, 5.74) is 10.2. The van der Waals surface area contributed by atoms with E-state index in [0.717, 1.165) is 6.42 Å². The summed E-state index contributed by atoms with van der Waals surface area (Å²) in [5, 5.41) is 25.4. The molecule has 3 aromatic heterocycles. The van der Waals surface area contributed by atoms with E-state index in [2.05, 4.69) is 39.7 Å². The van der Waals surface area contributed by atoms with Crippen molar-refractivity contribution < 1.29 is 146 Å². The smallest absolute Gasteiger partial charge is 0.502 e. The Hall–Kier alpha value is -6.69. The first-order valence-electron chi connectivity index (χ1n) is 27.2. The van der Waals surface area contributed by atoms with Gasteiger partial charge >= 0.3 is 89.3 Å². The van der Waals surface area contributed by atoms with Crippen LogP contribution < -0.4 is 29.6 Å². The minimum atomic E-state index is -1.06. The first-order valence-corrected chi connectivity index (χ1v) is 29.4. The van der Waals surface area contributed by atoms with Gasteiger partial charge in [0, 0.05) is 42.5 Å². The number of hydrogen-bond acceptors (Lipinski definition) is 31. The Morgan fingerprint density at radius 1 is 0.598 bits per heavy atom. The summed E-state index contributed by atoms with van der Waals surface area (Å²) in [4.78, 5) is 129. The van der Waals surface area contributed by atoms with Gasteiger partial charge in [-0.25, -0.2) is 59.0 Å². The normalized spacial score (nSPS) is 9.97. The average Bonchev–Trinajstić information content (AvgIpc) is 1.70. The number of Topliss-reactive ketones (excluding diaryl/α,β-unsaturated/α-hetero) is 1. The van der Waals surface area contributed by atoms with Crippen LogP contribution in [0.5, 0.6) is 0 Å². The van der Waals surface area contributed by atoms with E-state index in [-0.39, 0.29) is 155 Å². The first-order chi connectivity index (χ1) is 42.6. The zero-order chi connectivity index (χ0) is 70.1. The predicted molar refractivity (Wildman–Crippen MR) is 341 cm³/mol. The number of aliphatic hydroxyl groups is 1. The number of aromatic nitrogens is 6. The molecule has 92 heavy (non-hydrogen) atoms. The first kappa shape index (κ1) is 96.4. The molecule has 3 aromatic rings. The van der Waals surface area contributed by atoms with E-state index >= 15 is 0 Å². The second kappa shape index (κ2) is 58.2. The molecule has 0 amide bonds. The van der Waals surface area contributed by atoms with Crippen molar-refractivity contribution in [2.75, 3.05) is 108 Å². The van der Waals surface area contributed by atoms with Crippen LogP contribution in [-0.4, -0.2) is 225 Å². The summed E-state index contributed by atoms with van der Waals surface area (Å²) in [6.45, 7) is 21.0. The maximum atomic E-state index is 12.0. The molecule has 0 unspecified atom stereocenters. The predicted octanol–water partition coefficient (Wildman–Crippen LogP) is 3.46. The Labute approximate surface area is 590 Å². The van der Waals surface area contributed by atoms with Crippen LogP contribution in [0.15, 0.2) is 29.8 Å². The van der Waals surface area contributed by atoms with Gasteiger partial charge in [0.05, 0.1) is 78.3 Å². The minimum absolute atomic E-state index is 0. The number of esters is 10. The molecule has 3 rings (SSSR count). The number of aromatic amines is 2. The Balaban J connectivity index is -0.000000191. The van der Waals surface area contributed by atoms with Gasteiger partial charge in [-0.05, 0) is 135 Å².